The molecule has 1 aromatic heterocycles. The van der Waals surface area contributed by atoms with Crippen molar-refractivity contribution in [3.8, 4) is 0 Å². The Morgan fingerprint density at radius 2 is 1.89 bits per heavy atom. The van der Waals surface area contributed by atoms with Crippen LogP contribution in [0.3, 0.4) is 0 Å². The summed E-state index contributed by atoms with van der Waals surface area (Å²) in [5.74, 6) is -0.399. The molecule has 1 aliphatic rings. The highest BCUT2D eigenvalue weighted by Crippen LogP contribution is 2.29. The SMILES string of the molecule is Cc1cc(C(=O)COC(=O)CCc2ccccc2)c(C)n1[C@@H]1CCS(=O)(=O)C1. The van der Waals surface area contributed by atoms with Crippen molar-refractivity contribution in [2.75, 3.05) is 18.1 Å². The van der Waals surface area contributed by atoms with Crippen LogP contribution in [0.4, 0.5) is 0 Å². The molecule has 0 bridgehead atoms. The van der Waals surface area contributed by atoms with E-state index in [0.29, 0.717) is 18.4 Å². The first kappa shape index (κ1) is 20.3. The molecular weight excluding hydrogens is 378 g/mol. The minimum absolute atomic E-state index is 0.103. The maximum absolute atomic E-state index is 12.5. The summed E-state index contributed by atoms with van der Waals surface area (Å²) in [6.45, 7) is 3.36. The number of benzene rings is 1. The first-order valence-electron chi connectivity index (χ1n) is 9.38. The van der Waals surface area contributed by atoms with Crippen molar-refractivity contribution in [1.29, 1.82) is 0 Å². The number of nitrogens with zero attached hydrogens (tertiary/aromatic N) is 1. The summed E-state index contributed by atoms with van der Waals surface area (Å²) < 4.78 is 30.6. The smallest absolute Gasteiger partial charge is 0.306 e. The molecule has 0 aliphatic carbocycles. The van der Waals surface area contributed by atoms with Crippen LogP contribution in [0, 0.1) is 13.8 Å². The van der Waals surface area contributed by atoms with Gasteiger partial charge in [0.25, 0.3) is 0 Å². The van der Waals surface area contributed by atoms with Gasteiger partial charge in [-0.15, -0.1) is 0 Å². The lowest BCUT2D eigenvalue weighted by molar-refractivity contribution is -0.142. The molecule has 0 saturated carbocycles. The lowest BCUT2D eigenvalue weighted by Gasteiger charge is -2.16. The van der Waals surface area contributed by atoms with Crippen LogP contribution in [0.5, 0.6) is 0 Å². The number of aryl methyl sites for hydroxylation is 2. The molecule has 1 aromatic carbocycles. The third-order valence-corrected chi connectivity index (χ3v) is 6.93. The molecule has 2 heterocycles. The fourth-order valence-corrected chi connectivity index (χ4v) is 5.49. The van der Waals surface area contributed by atoms with Crippen molar-refractivity contribution in [3.63, 3.8) is 0 Å². The van der Waals surface area contributed by atoms with Crippen LogP contribution in [-0.2, 0) is 25.8 Å². The lowest BCUT2D eigenvalue weighted by Crippen LogP contribution is -2.17. The predicted molar refractivity (Wildman–Crippen MR) is 106 cm³/mol. The maximum Gasteiger partial charge on any atom is 0.306 e. The number of ketones is 1. The molecule has 2 aromatic rings. The van der Waals surface area contributed by atoms with Gasteiger partial charge < -0.3 is 9.30 Å². The molecule has 0 radical (unpaired) electrons. The molecule has 0 unspecified atom stereocenters. The standard InChI is InChI=1S/C21H25NO5S/c1-15-12-19(16(2)22(15)18-10-11-28(25,26)14-18)20(23)13-27-21(24)9-8-17-6-4-3-5-7-17/h3-7,12,18H,8-11,13-14H2,1-2H3/t18-/m1/s1. The van der Waals surface area contributed by atoms with Crippen molar-refractivity contribution in [3.05, 3.63) is 58.9 Å². The van der Waals surface area contributed by atoms with Gasteiger partial charge >= 0.3 is 5.97 Å². The van der Waals surface area contributed by atoms with E-state index in [-0.39, 0.29) is 36.4 Å². The molecule has 0 N–H and O–H groups in total. The minimum Gasteiger partial charge on any atom is -0.457 e. The highest BCUT2D eigenvalue weighted by Gasteiger charge is 2.31. The predicted octanol–water partition coefficient (Wildman–Crippen LogP) is 2.82. The van der Waals surface area contributed by atoms with Crippen LogP contribution < -0.4 is 0 Å². The molecule has 6 nitrogen and oxygen atoms in total. The van der Waals surface area contributed by atoms with Gasteiger partial charge in [-0.1, -0.05) is 30.3 Å². The quantitative estimate of drug-likeness (QED) is 0.524. The average Bonchev–Trinajstić information content (AvgIpc) is 3.16. The first-order valence-corrected chi connectivity index (χ1v) is 11.2. The van der Waals surface area contributed by atoms with E-state index in [4.69, 9.17) is 4.74 Å². The van der Waals surface area contributed by atoms with E-state index in [0.717, 1.165) is 17.0 Å². The number of aromatic nitrogens is 1. The Hall–Kier alpha value is -2.41. The van der Waals surface area contributed by atoms with E-state index in [1.54, 1.807) is 6.07 Å². The monoisotopic (exact) mass is 403 g/mol. The van der Waals surface area contributed by atoms with Gasteiger partial charge in [-0.3, -0.25) is 9.59 Å². The number of hydrogen-bond donors (Lipinski definition) is 0. The second-order valence-electron chi connectivity index (χ2n) is 7.28. The van der Waals surface area contributed by atoms with Gasteiger partial charge in [0, 0.05) is 29.4 Å². The number of carbonyl (C=O) groups is 2. The summed E-state index contributed by atoms with van der Waals surface area (Å²) >= 11 is 0. The Labute approximate surface area is 165 Å². The number of carbonyl (C=O) groups excluding carboxylic acids is 2. The van der Waals surface area contributed by atoms with Gasteiger partial charge in [-0.25, -0.2) is 8.42 Å². The Morgan fingerprint density at radius 3 is 2.54 bits per heavy atom. The molecule has 28 heavy (non-hydrogen) atoms. The number of sulfone groups is 1. The fourth-order valence-electron chi connectivity index (χ4n) is 3.79. The van der Waals surface area contributed by atoms with Crippen LogP contribution in [0.15, 0.2) is 36.4 Å². The summed E-state index contributed by atoms with van der Waals surface area (Å²) in [4.78, 5) is 24.5. The molecule has 0 amide bonds. The highest BCUT2D eigenvalue weighted by atomic mass is 32.2. The average molecular weight is 404 g/mol. The second-order valence-corrected chi connectivity index (χ2v) is 9.51. The number of rotatable bonds is 7. The lowest BCUT2D eigenvalue weighted by atomic mass is 10.1. The van der Waals surface area contributed by atoms with Crippen molar-refractivity contribution in [2.24, 2.45) is 0 Å². The molecule has 1 atom stereocenters. The number of ether oxygens (including phenoxy) is 1. The molecule has 1 fully saturated rings. The van der Waals surface area contributed by atoms with E-state index in [2.05, 4.69) is 0 Å². The van der Waals surface area contributed by atoms with Crippen molar-refractivity contribution in [1.82, 2.24) is 4.57 Å². The third-order valence-electron chi connectivity index (χ3n) is 5.18. The largest absolute Gasteiger partial charge is 0.457 e. The molecule has 150 valence electrons. The number of Topliss-reactive ketones (excluding diaryl/α,β-unsaturated/α-hetero) is 1. The molecule has 7 heteroatoms. The van der Waals surface area contributed by atoms with Gasteiger partial charge in [0.2, 0.25) is 5.78 Å². The van der Waals surface area contributed by atoms with E-state index in [1.165, 1.54) is 0 Å². The first-order chi connectivity index (χ1) is 13.3. The zero-order valence-corrected chi connectivity index (χ0v) is 17.0. The van der Waals surface area contributed by atoms with Crippen LogP contribution in [0.2, 0.25) is 0 Å². The third kappa shape index (κ3) is 4.70. The molecule has 1 saturated heterocycles. The molecular formula is C21H25NO5S. The molecule has 3 rings (SSSR count). The Bertz CT molecular complexity index is 976. The maximum atomic E-state index is 12.5. The Morgan fingerprint density at radius 1 is 1.18 bits per heavy atom. The van der Waals surface area contributed by atoms with E-state index in [9.17, 15) is 18.0 Å². The van der Waals surface area contributed by atoms with Gasteiger partial charge in [0.05, 0.1) is 11.5 Å². The van der Waals surface area contributed by atoms with Crippen molar-refractivity contribution in [2.45, 2.75) is 39.2 Å². The zero-order valence-electron chi connectivity index (χ0n) is 16.2. The summed E-state index contributed by atoms with van der Waals surface area (Å²) in [7, 11) is -3.01. The Balaban J connectivity index is 1.59. The molecule has 1 aliphatic heterocycles. The van der Waals surface area contributed by atoms with Crippen molar-refractivity contribution >= 4 is 21.6 Å². The Kier molecular flexibility index (Phi) is 6.03. The van der Waals surface area contributed by atoms with Gasteiger partial charge in [0.15, 0.2) is 16.4 Å². The van der Waals surface area contributed by atoms with Gasteiger partial charge in [0.1, 0.15) is 0 Å². The zero-order chi connectivity index (χ0) is 20.3. The summed E-state index contributed by atoms with van der Waals surface area (Å²) in [6, 6.07) is 11.2. The van der Waals surface area contributed by atoms with Crippen LogP contribution >= 0.6 is 0 Å². The van der Waals surface area contributed by atoms with E-state index >= 15 is 0 Å². The number of esters is 1. The summed E-state index contributed by atoms with van der Waals surface area (Å²) in [6.07, 6.45) is 1.34. The van der Waals surface area contributed by atoms with Crippen LogP contribution in [0.25, 0.3) is 0 Å². The van der Waals surface area contributed by atoms with Crippen molar-refractivity contribution < 1.29 is 22.7 Å². The highest BCUT2D eigenvalue weighted by molar-refractivity contribution is 7.91. The molecule has 0 spiro atoms. The van der Waals surface area contributed by atoms with Gasteiger partial charge in [-0.05, 0) is 38.3 Å². The minimum atomic E-state index is -3.01. The van der Waals surface area contributed by atoms with E-state index in [1.807, 2.05) is 48.7 Å². The van der Waals surface area contributed by atoms with Crippen LogP contribution in [0.1, 0.15) is 46.2 Å². The van der Waals surface area contributed by atoms with Crippen LogP contribution in [-0.4, -0.2) is 42.9 Å². The number of hydrogen-bond acceptors (Lipinski definition) is 5. The van der Waals surface area contributed by atoms with E-state index < -0.39 is 15.8 Å². The van der Waals surface area contributed by atoms with Gasteiger partial charge in [-0.2, -0.15) is 0 Å². The summed E-state index contributed by atoms with van der Waals surface area (Å²) in [5, 5.41) is 0. The topological polar surface area (TPSA) is 82.4 Å². The summed E-state index contributed by atoms with van der Waals surface area (Å²) in [5.41, 5.74) is 3.10. The second kappa shape index (κ2) is 8.31. The fraction of sp³-hybridized carbons (Fsp3) is 0.429. The normalized spacial score (nSPS) is 18.1.